The van der Waals surface area contributed by atoms with Gasteiger partial charge < -0.3 is 15.2 Å². The molecule has 0 aromatic carbocycles. The number of hydrogen-bond acceptors (Lipinski definition) is 4. The van der Waals surface area contributed by atoms with Crippen LogP contribution in [0.3, 0.4) is 0 Å². The molecule has 0 spiro atoms. The van der Waals surface area contributed by atoms with Crippen molar-refractivity contribution in [2.24, 2.45) is 11.7 Å². The first-order valence-electron chi connectivity index (χ1n) is 6.26. The summed E-state index contributed by atoms with van der Waals surface area (Å²) in [5.74, 6) is 1.20. The highest BCUT2D eigenvalue weighted by Gasteiger charge is 2.24. The van der Waals surface area contributed by atoms with E-state index in [2.05, 4.69) is 9.88 Å². The van der Waals surface area contributed by atoms with E-state index in [9.17, 15) is 4.79 Å². The summed E-state index contributed by atoms with van der Waals surface area (Å²) in [7, 11) is 0. The molecule has 1 saturated heterocycles. The molecule has 94 valence electrons. The topological polar surface area (TPSA) is 64.2 Å². The van der Waals surface area contributed by atoms with E-state index in [0.29, 0.717) is 18.3 Å². The van der Waals surface area contributed by atoms with Crippen LogP contribution in [-0.4, -0.2) is 29.2 Å². The Morgan fingerprint density at radius 2 is 2.41 bits per heavy atom. The van der Waals surface area contributed by atoms with Gasteiger partial charge in [-0.2, -0.15) is 0 Å². The Morgan fingerprint density at radius 1 is 1.59 bits per heavy atom. The number of nitrogens with zero attached hydrogens (tertiary/aromatic N) is 3. The molecule has 1 aliphatic heterocycles. The van der Waals surface area contributed by atoms with Gasteiger partial charge in [-0.1, -0.05) is 0 Å². The van der Waals surface area contributed by atoms with E-state index in [-0.39, 0.29) is 5.56 Å². The van der Waals surface area contributed by atoms with Crippen molar-refractivity contribution >= 4 is 5.82 Å². The van der Waals surface area contributed by atoms with Gasteiger partial charge in [-0.25, -0.2) is 4.98 Å². The minimum absolute atomic E-state index is 0.0170. The van der Waals surface area contributed by atoms with Crippen molar-refractivity contribution < 1.29 is 0 Å². The molecule has 0 bridgehead atoms. The van der Waals surface area contributed by atoms with E-state index in [1.54, 1.807) is 17.0 Å². The normalized spacial score (nSPS) is 19.9. The Labute approximate surface area is 101 Å². The molecule has 0 saturated carbocycles. The summed E-state index contributed by atoms with van der Waals surface area (Å²) in [4.78, 5) is 18.4. The Bertz CT molecular complexity index is 429. The molecule has 2 N–H and O–H groups in total. The second kappa shape index (κ2) is 5.31. The highest BCUT2D eigenvalue weighted by molar-refractivity contribution is 5.37. The number of anilines is 1. The number of aryl methyl sites for hydroxylation is 1. The van der Waals surface area contributed by atoms with E-state index < -0.39 is 0 Å². The van der Waals surface area contributed by atoms with E-state index in [1.165, 1.54) is 0 Å². The molecule has 2 rings (SSSR count). The fourth-order valence-electron chi connectivity index (χ4n) is 2.40. The lowest BCUT2D eigenvalue weighted by Gasteiger charge is -2.17. The molecule has 5 heteroatoms. The van der Waals surface area contributed by atoms with Gasteiger partial charge in [0.15, 0.2) is 5.82 Å². The van der Waals surface area contributed by atoms with Crippen LogP contribution in [0.1, 0.15) is 19.8 Å². The van der Waals surface area contributed by atoms with Crippen LogP contribution in [0.15, 0.2) is 17.2 Å². The summed E-state index contributed by atoms with van der Waals surface area (Å²) in [6, 6.07) is 0. The standard InChI is InChI=1S/C12H20N4O/c1-2-15-8-6-14-11(12(15)17)16-7-4-10(9-16)3-5-13/h6,8,10H,2-5,7,9,13H2,1H3. The van der Waals surface area contributed by atoms with Crippen molar-refractivity contribution in [3.8, 4) is 0 Å². The van der Waals surface area contributed by atoms with Crippen molar-refractivity contribution in [3.05, 3.63) is 22.7 Å². The first-order valence-corrected chi connectivity index (χ1v) is 6.26. The Kier molecular flexibility index (Phi) is 3.78. The second-order valence-corrected chi connectivity index (χ2v) is 4.52. The molecule has 1 fully saturated rings. The Morgan fingerprint density at radius 3 is 3.12 bits per heavy atom. The summed E-state index contributed by atoms with van der Waals surface area (Å²) in [6.07, 6.45) is 5.58. The Hall–Kier alpha value is -1.36. The van der Waals surface area contributed by atoms with E-state index in [4.69, 9.17) is 5.73 Å². The average Bonchev–Trinajstić information content (AvgIpc) is 2.78. The third-order valence-corrected chi connectivity index (χ3v) is 3.40. The highest BCUT2D eigenvalue weighted by atomic mass is 16.1. The molecule has 0 amide bonds. The lowest BCUT2D eigenvalue weighted by atomic mass is 10.1. The Balaban J connectivity index is 2.16. The van der Waals surface area contributed by atoms with Crippen molar-refractivity contribution in [1.82, 2.24) is 9.55 Å². The van der Waals surface area contributed by atoms with Crippen molar-refractivity contribution in [2.75, 3.05) is 24.5 Å². The van der Waals surface area contributed by atoms with Crippen LogP contribution in [0.25, 0.3) is 0 Å². The lowest BCUT2D eigenvalue weighted by Crippen LogP contribution is -2.31. The minimum Gasteiger partial charge on any atom is -0.352 e. The predicted octanol–water partition coefficient (Wildman–Crippen LogP) is 0.438. The third-order valence-electron chi connectivity index (χ3n) is 3.40. The van der Waals surface area contributed by atoms with Crippen LogP contribution in [0.5, 0.6) is 0 Å². The van der Waals surface area contributed by atoms with Crippen LogP contribution in [0.2, 0.25) is 0 Å². The summed E-state index contributed by atoms with van der Waals surface area (Å²) < 4.78 is 1.69. The summed E-state index contributed by atoms with van der Waals surface area (Å²) in [6.45, 7) is 5.20. The molecule has 17 heavy (non-hydrogen) atoms. The van der Waals surface area contributed by atoms with Gasteiger partial charge in [-0.3, -0.25) is 4.79 Å². The zero-order valence-corrected chi connectivity index (χ0v) is 10.3. The number of nitrogens with two attached hydrogens (primary N) is 1. The number of aromatic nitrogens is 2. The lowest BCUT2D eigenvalue weighted by molar-refractivity contribution is 0.545. The fourth-order valence-corrected chi connectivity index (χ4v) is 2.40. The van der Waals surface area contributed by atoms with Gasteiger partial charge in [0, 0.05) is 32.0 Å². The van der Waals surface area contributed by atoms with Gasteiger partial charge >= 0.3 is 0 Å². The van der Waals surface area contributed by atoms with Crippen LogP contribution < -0.4 is 16.2 Å². The summed E-state index contributed by atoms with van der Waals surface area (Å²) in [5, 5.41) is 0. The fraction of sp³-hybridized carbons (Fsp3) is 0.667. The molecule has 0 aliphatic carbocycles. The molecule has 1 aliphatic rings. The van der Waals surface area contributed by atoms with E-state index in [0.717, 1.165) is 32.5 Å². The van der Waals surface area contributed by atoms with E-state index >= 15 is 0 Å². The van der Waals surface area contributed by atoms with Gasteiger partial charge in [-0.05, 0) is 32.2 Å². The highest BCUT2D eigenvalue weighted by Crippen LogP contribution is 2.21. The first kappa shape index (κ1) is 12.1. The smallest absolute Gasteiger partial charge is 0.293 e. The molecule has 1 unspecified atom stereocenters. The maximum Gasteiger partial charge on any atom is 0.293 e. The number of rotatable bonds is 4. The number of hydrogen-bond donors (Lipinski definition) is 1. The molecule has 1 atom stereocenters. The average molecular weight is 236 g/mol. The SMILES string of the molecule is CCn1ccnc(N2CCC(CCN)C2)c1=O. The van der Waals surface area contributed by atoms with E-state index in [1.807, 2.05) is 6.92 Å². The van der Waals surface area contributed by atoms with Crippen molar-refractivity contribution in [3.63, 3.8) is 0 Å². The van der Waals surface area contributed by atoms with Crippen molar-refractivity contribution in [2.45, 2.75) is 26.3 Å². The van der Waals surface area contributed by atoms with Crippen LogP contribution >= 0.6 is 0 Å². The van der Waals surface area contributed by atoms with Gasteiger partial charge in [0.1, 0.15) is 0 Å². The van der Waals surface area contributed by atoms with Gasteiger partial charge in [-0.15, -0.1) is 0 Å². The quantitative estimate of drug-likeness (QED) is 0.824. The molecule has 1 aromatic heterocycles. The van der Waals surface area contributed by atoms with Crippen LogP contribution in [0.4, 0.5) is 5.82 Å². The maximum atomic E-state index is 12.1. The zero-order valence-electron chi connectivity index (χ0n) is 10.3. The van der Waals surface area contributed by atoms with Crippen molar-refractivity contribution in [1.29, 1.82) is 0 Å². The predicted molar refractivity (Wildman–Crippen MR) is 68.2 cm³/mol. The van der Waals surface area contributed by atoms with Gasteiger partial charge in [0.2, 0.25) is 0 Å². The minimum atomic E-state index is 0.0170. The first-order chi connectivity index (χ1) is 8.26. The molecular formula is C12H20N4O. The molecular weight excluding hydrogens is 216 g/mol. The second-order valence-electron chi connectivity index (χ2n) is 4.52. The molecule has 1 aromatic rings. The maximum absolute atomic E-state index is 12.1. The largest absolute Gasteiger partial charge is 0.352 e. The molecule has 2 heterocycles. The monoisotopic (exact) mass is 236 g/mol. The molecule has 0 radical (unpaired) electrons. The molecule has 5 nitrogen and oxygen atoms in total. The van der Waals surface area contributed by atoms with Gasteiger partial charge in [0.25, 0.3) is 5.56 Å². The zero-order chi connectivity index (χ0) is 12.3. The van der Waals surface area contributed by atoms with Crippen LogP contribution in [-0.2, 0) is 6.54 Å². The van der Waals surface area contributed by atoms with Gasteiger partial charge in [0.05, 0.1) is 0 Å². The summed E-state index contributed by atoms with van der Waals surface area (Å²) >= 11 is 0. The summed E-state index contributed by atoms with van der Waals surface area (Å²) in [5.41, 5.74) is 5.59. The third kappa shape index (κ3) is 2.49. The van der Waals surface area contributed by atoms with Crippen LogP contribution in [0, 0.1) is 5.92 Å².